The van der Waals surface area contributed by atoms with Crippen molar-refractivity contribution < 1.29 is 9.53 Å². The Kier molecular flexibility index (Phi) is 3.98. The fraction of sp³-hybridized carbons (Fsp3) is 0.312. The molecule has 0 saturated heterocycles. The number of allylic oxidation sites excluding steroid dienone is 2. The van der Waals surface area contributed by atoms with Crippen LogP contribution in [0.5, 0.6) is 0 Å². The highest BCUT2D eigenvalue weighted by Crippen LogP contribution is 2.28. The Bertz CT molecular complexity index is 491. The smallest absolute Gasteiger partial charge is 0.338 e. The normalized spacial score (nSPS) is 14.3. The minimum Gasteiger partial charge on any atom is -0.457 e. The molecule has 0 fully saturated rings. The first-order valence-electron chi connectivity index (χ1n) is 6.26. The standard InChI is InChI=1S/C16H18O2/c1-12(2)14-9-6-10-15(14)16(17)18-11-13-7-4-3-5-8-13/h3-5,7-8,10H,6,9,11H2,1-2H3. The Balaban J connectivity index is 1.99. The van der Waals surface area contributed by atoms with Crippen LogP contribution in [0.2, 0.25) is 0 Å². The van der Waals surface area contributed by atoms with E-state index in [2.05, 4.69) is 0 Å². The van der Waals surface area contributed by atoms with Gasteiger partial charge in [-0.1, -0.05) is 42.0 Å². The van der Waals surface area contributed by atoms with E-state index in [1.54, 1.807) is 0 Å². The summed E-state index contributed by atoms with van der Waals surface area (Å²) >= 11 is 0. The zero-order valence-corrected chi connectivity index (χ0v) is 10.9. The second-order valence-electron chi connectivity index (χ2n) is 4.70. The van der Waals surface area contributed by atoms with E-state index in [9.17, 15) is 4.79 Å². The van der Waals surface area contributed by atoms with Crippen molar-refractivity contribution >= 4 is 5.97 Å². The lowest BCUT2D eigenvalue weighted by Crippen LogP contribution is -2.08. The van der Waals surface area contributed by atoms with Crippen LogP contribution in [0.4, 0.5) is 0 Å². The molecular weight excluding hydrogens is 224 g/mol. The zero-order valence-electron chi connectivity index (χ0n) is 10.9. The van der Waals surface area contributed by atoms with Crippen LogP contribution < -0.4 is 0 Å². The summed E-state index contributed by atoms with van der Waals surface area (Å²) in [6, 6.07) is 9.75. The predicted molar refractivity (Wildman–Crippen MR) is 71.9 cm³/mol. The van der Waals surface area contributed by atoms with Crippen LogP contribution in [0.1, 0.15) is 32.3 Å². The second-order valence-corrected chi connectivity index (χ2v) is 4.70. The third-order valence-corrected chi connectivity index (χ3v) is 3.10. The SMILES string of the molecule is CC(C)=C1CCC=C1C(=O)OCc1ccccc1. The number of rotatable bonds is 3. The van der Waals surface area contributed by atoms with Crippen LogP contribution in [0.3, 0.4) is 0 Å². The van der Waals surface area contributed by atoms with Gasteiger partial charge in [0.2, 0.25) is 0 Å². The molecule has 0 amide bonds. The van der Waals surface area contributed by atoms with Crippen LogP contribution >= 0.6 is 0 Å². The minimum atomic E-state index is -0.201. The first-order chi connectivity index (χ1) is 8.68. The summed E-state index contributed by atoms with van der Waals surface area (Å²) in [4.78, 5) is 12.0. The maximum atomic E-state index is 12.0. The molecule has 0 N–H and O–H groups in total. The lowest BCUT2D eigenvalue weighted by Gasteiger charge is -2.08. The molecule has 0 aliphatic heterocycles. The van der Waals surface area contributed by atoms with Crippen molar-refractivity contribution in [3.63, 3.8) is 0 Å². The zero-order chi connectivity index (χ0) is 13.0. The maximum Gasteiger partial charge on any atom is 0.338 e. The Morgan fingerprint density at radius 2 is 1.94 bits per heavy atom. The quantitative estimate of drug-likeness (QED) is 0.754. The largest absolute Gasteiger partial charge is 0.457 e. The summed E-state index contributed by atoms with van der Waals surface area (Å²) in [6.45, 7) is 4.42. The van der Waals surface area contributed by atoms with Gasteiger partial charge in [-0.3, -0.25) is 0 Å². The van der Waals surface area contributed by atoms with E-state index < -0.39 is 0 Å². The molecule has 18 heavy (non-hydrogen) atoms. The molecule has 1 aromatic rings. The van der Waals surface area contributed by atoms with Crippen molar-refractivity contribution in [2.24, 2.45) is 0 Å². The number of benzene rings is 1. The van der Waals surface area contributed by atoms with E-state index in [0.29, 0.717) is 6.61 Å². The number of hydrogen-bond donors (Lipinski definition) is 0. The number of carbonyl (C=O) groups excluding carboxylic acids is 1. The Labute approximate surface area is 108 Å². The molecule has 0 bridgehead atoms. The van der Waals surface area contributed by atoms with Crippen LogP contribution in [-0.4, -0.2) is 5.97 Å². The van der Waals surface area contributed by atoms with Gasteiger partial charge < -0.3 is 4.74 Å². The molecule has 94 valence electrons. The molecule has 2 nitrogen and oxygen atoms in total. The topological polar surface area (TPSA) is 26.3 Å². The lowest BCUT2D eigenvalue weighted by molar-refractivity contribution is -0.139. The summed E-state index contributed by atoms with van der Waals surface area (Å²) in [5.74, 6) is -0.201. The number of ether oxygens (including phenoxy) is 1. The molecule has 1 aliphatic carbocycles. The first kappa shape index (κ1) is 12.6. The third kappa shape index (κ3) is 2.89. The number of hydrogen-bond acceptors (Lipinski definition) is 2. The first-order valence-corrected chi connectivity index (χ1v) is 6.26. The average molecular weight is 242 g/mol. The van der Waals surface area contributed by atoms with Crippen LogP contribution in [-0.2, 0) is 16.1 Å². The predicted octanol–water partition coefficient (Wildman–Crippen LogP) is 3.79. The molecule has 0 saturated carbocycles. The Morgan fingerprint density at radius 1 is 1.22 bits per heavy atom. The van der Waals surface area contributed by atoms with Gasteiger partial charge in [0.1, 0.15) is 6.61 Å². The fourth-order valence-electron chi connectivity index (χ4n) is 2.15. The number of carbonyl (C=O) groups is 1. The van der Waals surface area contributed by atoms with E-state index in [0.717, 1.165) is 29.6 Å². The van der Waals surface area contributed by atoms with E-state index in [4.69, 9.17) is 4.74 Å². The third-order valence-electron chi connectivity index (χ3n) is 3.10. The molecule has 1 aliphatic rings. The van der Waals surface area contributed by atoms with Gasteiger partial charge in [0, 0.05) is 0 Å². The Hall–Kier alpha value is -1.83. The van der Waals surface area contributed by atoms with Crippen molar-refractivity contribution in [3.05, 3.63) is 58.7 Å². The van der Waals surface area contributed by atoms with Gasteiger partial charge in [0.25, 0.3) is 0 Å². The number of esters is 1. The van der Waals surface area contributed by atoms with Crippen molar-refractivity contribution in [1.82, 2.24) is 0 Å². The summed E-state index contributed by atoms with van der Waals surface area (Å²) in [5.41, 5.74) is 4.12. The molecular formula is C16H18O2. The molecule has 0 spiro atoms. The Morgan fingerprint density at radius 3 is 2.61 bits per heavy atom. The summed E-state index contributed by atoms with van der Waals surface area (Å²) in [6.07, 6.45) is 3.88. The van der Waals surface area contributed by atoms with Gasteiger partial charge in [-0.15, -0.1) is 0 Å². The molecule has 0 atom stereocenters. The van der Waals surface area contributed by atoms with Crippen molar-refractivity contribution in [2.45, 2.75) is 33.3 Å². The molecule has 0 radical (unpaired) electrons. The molecule has 0 heterocycles. The van der Waals surface area contributed by atoms with Gasteiger partial charge in [0.15, 0.2) is 0 Å². The summed E-state index contributed by atoms with van der Waals surface area (Å²) in [5, 5.41) is 0. The van der Waals surface area contributed by atoms with Gasteiger partial charge in [-0.25, -0.2) is 4.79 Å². The van der Waals surface area contributed by atoms with Crippen molar-refractivity contribution in [3.8, 4) is 0 Å². The minimum absolute atomic E-state index is 0.201. The lowest BCUT2D eigenvalue weighted by atomic mass is 10.0. The highest BCUT2D eigenvalue weighted by Gasteiger charge is 2.20. The molecule has 2 heteroatoms. The molecule has 0 aromatic heterocycles. The average Bonchev–Trinajstić information content (AvgIpc) is 2.86. The van der Waals surface area contributed by atoms with Gasteiger partial charge in [-0.2, -0.15) is 0 Å². The maximum absolute atomic E-state index is 12.0. The highest BCUT2D eigenvalue weighted by atomic mass is 16.5. The second kappa shape index (κ2) is 5.67. The van der Waals surface area contributed by atoms with Crippen molar-refractivity contribution in [1.29, 1.82) is 0 Å². The van der Waals surface area contributed by atoms with E-state index in [1.165, 1.54) is 5.57 Å². The highest BCUT2D eigenvalue weighted by molar-refractivity contribution is 5.94. The molecule has 1 aromatic carbocycles. The summed E-state index contributed by atoms with van der Waals surface area (Å²) < 4.78 is 5.35. The fourth-order valence-corrected chi connectivity index (χ4v) is 2.15. The monoisotopic (exact) mass is 242 g/mol. The van der Waals surface area contributed by atoms with Crippen LogP contribution in [0, 0.1) is 0 Å². The van der Waals surface area contributed by atoms with Gasteiger partial charge in [0.05, 0.1) is 5.57 Å². The van der Waals surface area contributed by atoms with Crippen LogP contribution in [0.25, 0.3) is 0 Å². The van der Waals surface area contributed by atoms with E-state index in [1.807, 2.05) is 50.3 Å². The van der Waals surface area contributed by atoms with Gasteiger partial charge in [-0.05, 0) is 37.8 Å². The van der Waals surface area contributed by atoms with Gasteiger partial charge >= 0.3 is 5.97 Å². The molecule has 2 rings (SSSR count). The van der Waals surface area contributed by atoms with E-state index >= 15 is 0 Å². The van der Waals surface area contributed by atoms with Crippen LogP contribution in [0.15, 0.2) is 53.1 Å². The van der Waals surface area contributed by atoms with Crippen molar-refractivity contribution in [2.75, 3.05) is 0 Å². The summed E-state index contributed by atoms with van der Waals surface area (Å²) in [7, 11) is 0. The van der Waals surface area contributed by atoms with E-state index in [-0.39, 0.29) is 5.97 Å². The molecule has 0 unspecified atom stereocenters.